The molecule has 0 spiro atoms. The Labute approximate surface area is 128 Å². The maximum Gasteiger partial charge on any atom is 0.317 e. The highest BCUT2D eigenvalue weighted by Crippen LogP contribution is 2.17. The summed E-state index contributed by atoms with van der Waals surface area (Å²) in [4.78, 5) is 24.6. The fourth-order valence-corrected chi connectivity index (χ4v) is 2.84. The summed E-state index contributed by atoms with van der Waals surface area (Å²) in [5, 5.41) is 11.7. The lowest BCUT2D eigenvalue weighted by atomic mass is 9.97. The van der Waals surface area contributed by atoms with Gasteiger partial charge in [-0.15, -0.1) is 0 Å². The monoisotopic (exact) mass is 298 g/mol. The zero-order chi connectivity index (χ0) is 15.7. The van der Waals surface area contributed by atoms with Gasteiger partial charge >= 0.3 is 12.0 Å². The van der Waals surface area contributed by atoms with Gasteiger partial charge in [-0.1, -0.05) is 20.3 Å². The second-order valence-electron chi connectivity index (χ2n) is 6.25. The highest BCUT2D eigenvalue weighted by Gasteiger charge is 2.18. The van der Waals surface area contributed by atoms with Crippen molar-refractivity contribution < 1.29 is 14.7 Å². The smallest absolute Gasteiger partial charge is 0.317 e. The Bertz CT molecular complexity index is 333. The van der Waals surface area contributed by atoms with Crippen LogP contribution in [0, 0.1) is 11.8 Å². The van der Waals surface area contributed by atoms with Gasteiger partial charge in [-0.05, 0) is 43.9 Å². The lowest BCUT2D eigenvalue weighted by molar-refractivity contribution is -0.137. The number of nitrogens with zero attached hydrogens (tertiary/aromatic N) is 1. The van der Waals surface area contributed by atoms with Crippen LogP contribution in [0.3, 0.4) is 0 Å². The number of carboxylic acids is 1. The van der Waals surface area contributed by atoms with Gasteiger partial charge in [0.25, 0.3) is 0 Å². The Kier molecular flexibility index (Phi) is 8.16. The van der Waals surface area contributed by atoms with Crippen molar-refractivity contribution in [3.63, 3.8) is 0 Å². The zero-order valence-electron chi connectivity index (χ0n) is 13.4. The van der Waals surface area contributed by atoms with Gasteiger partial charge in [0.05, 0.1) is 0 Å². The number of hydrogen-bond acceptors (Lipinski definition) is 2. The van der Waals surface area contributed by atoms with E-state index in [0.717, 1.165) is 38.8 Å². The Balaban J connectivity index is 2.23. The predicted molar refractivity (Wildman–Crippen MR) is 83.3 cm³/mol. The molecule has 122 valence electrons. The first kappa shape index (κ1) is 17.8. The predicted octanol–water partition coefficient (Wildman–Crippen LogP) is 3.10. The van der Waals surface area contributed by atoms with Gasteiger partial charge in [-0.3, -0.25) is 4.79 Å². The van der Waals surface area contributed by atoms with Crippen molar-refractivity contribution in [2.24, 2.45) is 11.8 Å². The summed E-state index contributed by atoms with van der Waals surface area (Å²) in [5.41, 5.74) is 0. The van der Waals surface area contributed by atoms with Crippen LogP contribution in [-0.2, 0) is 4.79 Å². The van der Waals surface area contributed by atoms with Gasteiger partial charge in [0.15, 0.2) is 0 Å². The van der Waals surface area contributed by atoms with Crippen LogP contribution >= 0.6 is 0 Å². The van der Waals surface area contributed by atoms with Gasteiger partial charge in [-0.2, -0.15) is 0 Å². The fourth-order valence-electron chi connectivity index (χ4n) is 2.84. The number of amides is 2. The van der Waals surface area contributed by atoms with Gasteiger partial charge in [0.1, 0.15) is 0 Å². The largest absolute Gasteiger partial charge is 0.481 e. The van der Waals surface area contributed by atoms with E-state index in [9.17, 15) is 9.59 Å². The minimum Gasteiger partial charge on any atom is -0.481 e. The first-order valence-corrected chi connectivity index (χ1v) is 8.27. The maximum absolute atomic E-state index is 12.1. The average Bonchev–Trinajstić information content (AvgIpc) is 2.67. The highest BCUT2D eigenvalue weighted by atomic mass is 16.4. The SMILES string of the molecule is CCC(CCNC(=O)N1CCCC(C)CC1)CCC(=O)O. The van der Waals surface area contributed by atoms with Gasteiger partial charge in [0, 0.05) is 26.1 Å². The molecule has 1 fully saturated rings. The lowest BCUT2D eigenvalue weighted by Crippen LogP contribution is -2.41. The van der Waals surface area contributed by atoms with Crippen LogP contribution < -0.4 is 5.32 Å². The van der Waals surface area contributed by atoms with Gasteiger partial charge < -0.3 is 15.3 Å². The number of aliphatic carboxylic acids is 1. The van der Waals surface area contributed by atoms with Crippen molar-refractivity contribution in [2.45, 2.75) is 58.8 Å². The molecular weight excluding hydrogens is 268 g/mol. The number of carbonyl (C=O) groups is 2. The zero-order valence-corrected chi connectivity index (χ0v) is 13.4. The van der Waals surface area contributed by atoms with Gasteiger partial charge in [-0.25, -0.2) is 4.79 Å². The summed E-state index contributed by atoms with van der Waals surface area (Å²) in [6.07, 6.45) is 6.12. The molecule has 1 saturated heterocycles. The minimum atomic E-state index is -0.740. The van der Waals surface area contributed by atoms with E-state index in [0.29, 0.717) is 24.8 Å². The molecule has 0 aromatic rings. The summed E-state index contributed by atoms with van der Waals surface area (Å²) in [6.45, 7) is 6.67. The molecule has 2 N–H and O–H groups in total. The van der Waals surface area contributed by atoms with Crippen LogP contribution in [0.4, 0.5) is 4.79 Å². The summed E-state index contributed by atoms with van der Waals surface area (Å²) < 4.78 is 0. The number of carboxylic acid groups (broad SMARTS) is 1. The number of carbonyl (C=O) groups excluding carboxylic acids is 1. The third-order valence-corrected chi connectivity index (χ3v) is 4.48. The topological polar surface area (TPSA) is 69.6 Å². The molecule has 1 aliphatic rings. The molecule has 0 bridgehead atoms. The number of nitrogens with one attached hydrogen (secondary N) is 1. The molecule has 0 aromatic heterocycles. The fraction of sp³-hybridized carbons (Fsp3) is 0.875. The van der Waals surface area contributed by atoms with Crippen LogP contribution in [0.5, 0.6) is 0 Å². The van der Waals surface area contributed by atoms with E-state index in [-0.39, 0.29) is 12.5 Å². The molecule has 2 amide bonds. The lowest BCUT2D eigenvalue weighted by Gasteiger charge is -2.22. The van der Waals surface area contributed by atoms with E-state index in [1.165, 1.54) is 6.42 Å². The normalized spacial score (nSPS) is 20.7. The molecular formula is C16H30N2O3. The maximum atomic E-state index is 12.1. The molecule has 1 heterocycles. The molecule has 0 aliphatic carbocycles. The van der Waals surface area contributed by atoms with Crippen LogP contribution in [0.2, 0.25) is 0 Å². The molecule has 1 aliphatic heterocycles. The Morgan fingerprint density at radius 1 is 1.29 bits per heavy atom. The van der Waals surface area contributed by atoms with Gasteiger partial charge in [0.2, 0.25) is 0 Å². The van der Waals surface area contributed by atoms with Crippen molar-refractivity contribution in [3.8, 4) is 0 Å². The Hall–Kier alpha value is -1.26. The van der Waals surface area contributed by atoms with E-state index >= 15 is 0 Å². The summed E-state index contributed by atoms with van der Waals surface area (Å²) in [7, 11) is 0. The first-order valence-electron chi connectivity index (χ1n) is 8.27. The number of likely N-dealkylation sites (tertiary alicyclic amines) is 1. The van der Waals surface area contributed by atoms with Crippen molar-refractivity contribution in [1.29, 1.82) is 0 Å². The second kappa shape index (κ2) is 9.64. The Morgan fingerprint density at radius 3 is 2.71 bits per heavy atom. The molecule has 2 unspecified atom stereocenters. The second-order valence-corrected chi connectivity index (χ2v) is 6.25. The van der Waals surface area contributed by atoms with Crippen LogP contribution in [0.25, 0.3) is 0 Å². The van der Waals surface area contributed by atoms with E-state index in [1.54, 1.807) is 0 Å². The van der Waals surface area contributed by atoms with Crippen LogP contribution in [-0.4, -0.2) is 41.6 Å². The van der Waals surface area contributed by atoms with E-state index < -0.39 is 5.97 Å². The first-order chi connectivity index (χ1) is 10.0. The van der Waals surface area contributed by atoms with E-state index in [1.807, 2.05) is 4.90 Å². The summed E-state index contributed by atoms with van der Waals surface area (Å²) in [5.74, 6) is 0.352. The average molecular weight is 298 g/mol. The number of urea groups is 1. The number of hydrogen-bond donors (Lipinski definition) is 2. The minimum absolute atomic E-state index is 0.0391. The van der Waals surface area contributed by atoms with Crippen molar-refractivity contribution in [2.75, 3.05) is 19.6 Å². The summed E-state index contributed by atoms with van der Waals surface area (Å²) in [6, 6.07) is 0.0391. The third kappa shape index (κ3) is 7.34. The quantitative estimate of drug-likeness (QED) is 0.758. The molecule has 0 saturated carbocycles. The summed E-state index contributed by atoms with van der Waals surface area (Å²) >= 11 is 0. The molecule has 2 atom stereocenters. The van der Waals surface area contributed by atoms with E-state index in [2.05, 4.69) is 19.2 Å². The molecule has 0 radical (unpaired) electrons. The van der Waals surface area contributed by atoms with Crippen molar-refractivity contribution >= 4 is 12.0 Å². The molecule has 1 rings (SSSR count). The van der Waals surface area contributed by atoms with Crippen molar-refractivity contribution in [3.05, 3.63) is 0 Å². The molecule has 5 nitrogen and oxygen atoms in total. The Morgan fingerprint density at radius 2 is 2.05 bits per heavy atom. The van der Waals surface area contributed by atoms with Crippen molar-refractivity contribution in [1.82, 2.24) is 10.2 Å². The molecule has 21 heavy (non-hydrogen) atoms. The van der Waals surface area contributed by atoms with Crippen LogP contribution in [0.15, 0.2) is 0 Å². The van der Waals surface area contributed by atoms with Crippen LogP contribution in [0.1, 0.15) is 58.8 Å². The van der Waals surface area contributed by atoms with E-state index in [4.69, 9.17) is 5.11 Å². The standard InChI is InChI=1S/C16H30N2O3/c1-3-14(6-7-15(19)20)8-10-17-16(21)18-11-4-5-13(2)9-12-18/h13-14H,3-12H2,1-2H3,(H,17,21)(H,19,20). The highest BCUT2D eigenvalue weighted by molar-refractivity contribution is 5.74. The third-order valence-electron chi connectivity index (χ3n) is 4.48. The molecule has 5 heteroatoms. The number of rotatable bonds is 7. The molecule has 0 aromatic carbocycles.